The maximum atomic E-state index is 12.2. The molecule has 0 heterocycles. The summed E-state index contributed by atoms with van der Waals surface area (Å²) in [6.45, 7) is 3.52. The fourth-order valence-electron chi connectivity index (χ4n) is 2.49. The molecule has 0 aliphatic heterocycles. The second-order valence-electron chi connectivity index (χ2n) is 6.11. The van der Waals surface area contributed by atoms with Gasteiger partial charge in [0.2, 0.25) is 15.9 Å². The third-order valence-corrected chi connectivity index (χ3v) is 5.80. The number of nitrogens with one attached hydrogen (secondary N) is 2. The van der Waals surface area contributed by atoms with E-state index < -0.39 is 21.9 Å². The Morgan fingerprint density at radius 1 is 1.14 bits per heavy atom. The summed E-state index contributed by atoms with van der Waals surface area (Å²) >= 11 is 5.81. The smallest absolute Gasteiger partial charge is 0.338 e. The molecule has 0 bridgehead atoms. The number of anilines is 1. The summed E-state index contributed by atoms with van der Waals surface area (Å²) in [6.07, 6.45) is -0.0831. The zero-order valence-electron chi connectivity index (χ0n) is 15.7. The van der Waals surface area contributed by atoms with Crippen LogP contribution >= 0.6 is 11.6 Å². The van der Waals surface area contributed by atoms with Crippen molar-refractivity contribution in [3.8, 4) is 0 Å². The van der Waals surface area contributed by atoms with Crippen molar-refractivity contribution in [2.75, 3.05) is 19.0 Å². The van der Waals surface area contributed by atoms with E-state index in [9.17, 15) is 18.0 Å². The number of carbonyl (C=O) groups is 2. The summed E-state index contributed by atoms with van der Waals surface area (Å²) in [5, 5.41) is 2.96. The Hall–Kier alpha value is -2.42. The molecule has 2 rings (SSSR count). The van der Waals surface area contributed by atoms with E-state index in [-0.39, 0.29) is 17.9 Å². The lowest BCUT2D eigenvalue weighted by molar-refractivity contribution is -0.116. The average molecular weight is 425 g/mol. The standard InChI is InChI=1S/C19H21ClN2O5S/c1-12-9-15(11-17(13(12)2)19(24)27-3)22-18(23)7-8-21-28(25,26)16-6-4-5-14(20)10-16/h4-6,9-11,21H,7-8H2,1-3H3,(H,22,23). The third-order valence-electron chi connectivity index (χ3n) is 4.11. The van der Waals surface area contributed by atoms with Gasteiger partial charge >= 0.3 is 5.97 Å². The molecule has 0 fully saturated rings. The second-order valence-corrected chi connectivity index (χ2v) is 8.31. The topological polar surface area (TPSA) is 102 Å². The molecule has 0 saturated carbocycles. The van der Waals surface area contributed by atoms with E-state index >= 15 is 0 Å². The number of hydrogen-bond donors (Lipinski definition) is 2. The molecule has 2 aromatic rings. The molecule has 0 aliphatic carbocycles. The van der Waals surface area contributed by atoms with E-state index in [0.717, 1.165) is 11.1 Å². The molecule has 0 aromatic heterocycles. The minimum absolute atomic E-state index is 0.0253. The van der Waals surface area contributed by atoms with Gasteiger partial charge < -0.3 is 10.1 Å². The van der Waals surface area contributed by atoms with Crippen LogP contribution in [0.4, 0.5) is 5.69 Å². The summed E-state index contributed by atoms with van der Waals surface area (Å²) in [5.41, 5.74) is 2.38. The molecule has 2 aromatic carbocycles. The Morgan fingerprint density at radius 3 is 2.50 bits per heavy atom. The molecule has 0 aliphatic rings. The van der Waals surface area contributed by atoms with Crippen LogP contribution in [0, 0.1) is 13.8 Å². The molecule has 0 spiro atoms. The molecular formula is C19H21ClN2O5S. The molecular weight excluding hydrogens is 404 g/mol. The molecule has 1 amide bonds. The fourth-order valence-corrected chi connectivity index (χ4v) is 3.83. The maximum absolute atomic E-state index is 12.2. The third kappa shape index (κ3) is 5.54. The van der Waals surface area contributed by atoms with Gasteiger partial charge in [-0.05, 0) is 55.3 Å². The molecule has 0 radical (unpaired) electrons. The summed E-state index contributed by atoms with van der Waals surface area (Å²) in [4.78, 5) is 24.0. The molecule has 9 heteroatoms. The minimum atomic E-state index is -3.76. The van der Waals surface area contributed by atoms with Gasteiger partial charge in [-0.2, -0.15) is 0 Å². The maximum Gasteiger partial charge on any atom is 0.338 e. The van der Waals surface area contributed by atoms with Crippen molar-refractivity contribution in [3.05, 3.63) is 58.1 Å². The molecule has 0 saturated heterocycles. The van der Waals surface area contributed by atoms with E-state index in [2.05, 4.69) is 10.0 Å². The Kier molecular flexibility index (Phi) is 7.17. The molecule has 7 nitrogen and oxygen atoms in total. The van der Waals surface area contributed by atoms with Crippen LogP contribution in [0.15, 0.2) is 41.3 Å². The van der Waals surface area contributed by atoms with Crippen LogP contribution in [-0.2, 0) is 19.6 Å². The van der Waals surface area contributed by atoms with Crippen LogP contribution in [0.5, 0.6) is 0 Å². The monoisotopic (exact) mass is 424 g/mol. The highest BCUT2D eigenvalue weighted by Crippen LogP contribution is 2.21. The molecule has 2 N–H and O–H groups in total. The van der Waals surface area contributed by atoms with Gasteiger partial charge in [0.25, 0.3) is 0 Å². The molecule has 150 valence electrons. The van der Waals surface area contributed by atoms with Crippen molar-refractivity contribution in [1.82, 2.24) is 4.72 Å². The zero-order chi connectivity index (χ0) is 20.9. The number of carbonyl (C=O) groups excluding carboxylic acids is 2. The van der Waals surface area contributed by atoms with Crippen LogP contribution in [0.2, 0.25) is 5.02 Å². The number of rotatable bonds is 7. The van der Waals surface area contributed by atoms with Gasteiger partial charge in [-0.1, -0.05) is 17.7 Å². The van der Waals surface area contributed by atoms with Crippen molar-refractivity contribution < 1.29 is 22.7 Å². The number of hydrogen-bond acceptors (Lipinski definition) is 5. The summed E-state index contributed by atoms with van der Waals surface area (Å²) < 4.78 is 31.5. The first-order valence-electron chi connectivity index (χ1n) is 8.38. The van der Waals surface area contributed by atoms with E-state index in [0.29, 0.717) is 16.3 Å². The number of methoxy groups -OCH3 is 1. The van der Waals surface area contributed by atoms with Gasteiger partial charge in [-0.3, -0.25) is 4.79 Å². The zero-order valence-corrected chi connectivity index (χ0v) is 17.3. The Labute approximate surface area is 169 Å². The van der Waals surface area contributed by atoms with Crippen molar-refractivity contribution in [2.24, 2.45) is 0 Å². The van der Waals surface area contributed by atoms with Crippen molar-refractivity contribution in [3.63, 3.8) is 0 Å². The van der Waals surface area contributed by atoms with Crippen LogP contribution < -0.4 is 10.0 Å². The quantitative estimate of drug-likeness (QED) is 0.665. The van der Waals surface area contributed by atoms with Crippen molar-refractivity contribution in [2.45, 2.75) is 25.2 Å². The van der Waals surface area contributed by atoms with E-state index in [1.165, 1.54) is 31.4 Å². The number of sulfonamides is 1. The number of aryl methyl sites for hydroxylation is 1. The highest BCUT2D eigenvalue weighted by Gasteiger charge is 2.16. The van der Waals surface area contributed by atoms with Gasteiger partial charge in [0.1, 0.15) is 0 Å². The SMILES string of the molecule is COC(=O)c1cc(NC(=O)CCNS(=O)(=O)c2cccc(Cl)c2)cc(C)c1C. The molecule has 28 heavy (non-hydrogen) atoms. The molecule has 0 atom stereocenters. The van der Waals surface area contributed by atoms with Crippen molar-refractivity contribution in [1.29, 1.82) is 0 Å². The largest absolute Gasteiger partial charge is 0.465 e. The first kappa shape index (κ1) is 21.9. The average Bonchev–Trinajstić information content (AvgIpc) is 2.63. The van der Waals surface area contributed by atoms with Crippen LogP contribution in [-0.4, -0.2) is 33.9 Å². The lowest BCUT2D eigenvalue weighted by Crippen LogP contribution is -2.28. The van der Waals surface area contributed by atoms with Crippen LogP contribution in [0.1, 0.15) is 27.9 Å². The summed E-state index contributed by atoms with van der Waals surface area (Å²) in [5.74, 6) is -0.890. The van der Waals surface area contributed by atoms with E-state index in [1.54, 1.807) is 19.1 Å². The van der Waals surface area contributed by atoms with E-state index in [4.69, 9.17) is 16.3 Å². The fraction of sp³-hybridized carbons (Fsp3) is 0.263. The van der Waals surface area contributed by atoms with Gasteiger partial charge in [0.05, 0.1) is 17.6 Å². The molecule has 0 unspecified atom stereocenters. The van der Waals surface area contributed by atoms with E-state index in [1.807, 2.05) is 6.92 Å². The van der Waals surface area contributed by atoms with Crippen LogP contribution in [0.25, 0.3) is 0 Å². The summed E-state index contributed by atoms with van der Waals surface area (Å²) in [6, 6.07) is 9.10. The van der Waals surface area contributed by atoms with Gasteiger partial charge in [0.15, 0.2) is 0 Å². The predicted molar refractivity (Wildman–Crippen MR) is 107 cm³/mol. The predicted octanol–water partition coefficient (Wildman–Crippen LogP) is 3.05. The Morgan fingerprint density at radius 2 is 1.86 bits per heavy atom. The Bertz CT molecular complexity index is 1010. The van der Waals surface area contributed by atoms with Gasteiger partial charge in [0, 0.05) is 23.7 Å². The van der Waals surface area contributed by atoms with Gasteiger partial charge in [-0.15, -0.1) is 0 Å². The lowest BCUT2D eigenvalue weighted by Gasteiger charge is -2.12. The summed E-state index contributed by atoms with van der Waals surface area (Å²) in [7, 11) is -2.47. The number of halogens is 1. The number of benzene rings is 2. The van der Waals surface area contributed by atoms with Crippen molar-refractivity contribution >= 4 is 39.2 Å². The Balaban J connectivity index is 1.99. The minimum Gasteiger partial charge on any atom is -0.465 e. The van der Waals surface area contributed by atoms with Crippen LogP contribution in [0.3, 0.4) is 0 Å². The number of amides is 1. The number of esters is 1. The first-order chi connectivity index (χ1) is 13.1. The highest BCUT2D eigenvalue weighted by atomic mass is 35.5. The van der Waals surface area contributed by atoms with Gasteiger partial charge in [-0.25, -0.2) is 17.9 Å². The first-order valence-corrected chi connectivity index (χ1v) is 10.2. The lowest BCUT2D eigenvalue weighted by atomic mass is 10.0. The number of ether oxygens (including phenoxy) is 1. The highest BCUT2D eigenvalue weighted by molar-refractivity contribution is 7.89. The normalized spacial score (nSPS) is 11.1. The second kappa shape index (κ2) is 9.18.